The van der Waals surface area contributed by atoms with Crippen LogP contribution in [0.4, 0.5) is 0 Å². The van der Waals surface area contributed by atoms with Gasteiger partial charge in [-0.15, -0.1) is 0 Å². The Balaban J connectivity index is 2.21. The van der Waals surface area contributed by atoms with Crippen LogP contribution in [0.3, 0.4) is 0 Å². The summed E-state index contributed by atoms with van der Waals surface area (Å²) in [5, 5.41) is 0. The van der Waals surface area contributed by atoms with E-state index in [1.807, 2.05) is 37.3 Å². The highest BCUT2D eigenvalue weighted by Crippen LogP contribution is 2.07. The van der Waals surface area contributed by atoms with Crippen molar-refractivity contribution in [3.05, 3.63) is 47.5 Å². The van der Waals surface area contributed by atoms with Crippen LogP contribution in [0.15, 0.2) is 42.0 Å². The highest BCUT2D eigenvalue weighted by molar-refractivity contribution is 5.69. The molecule has 0 aliphatic heterocycles. The maximum atomic E-state index is 11.6. The molecule has 0 radical (unpaired) electrons. The second-order valence-electron chi connectivity index (χ2n) is 4.50. The summed E-state index contributed by atoms with van der Waals surface area (Å²) in [7, 11) is 0. The molecular weight excluding hydrogens is 256 g/mol. The molecule has 1 rings (SSSR count). The molecule has 0 unspecified atom stereocenters. The summed E-state index contributed by atoms with van der Waals surface area (Å²) >= 11 is 0. The Morgan fingerprint density at radius 3 is 2.40 bits per heavy atom. The van der Waals surface area contributed by atoms with Gasteiger partial charge in [-0.1, -0.05) is 35.9 Å². The molecule has 0 bridgehead atoms. The smallest absolute Gasteiger partial charge is 0.306 e. The molecule has 0 spiro atoms. The van der Waals surface area contributed by atoms with Gasteiger partial charge >= 0.3 is 11.9 Å². The first-order chi connectivity index (χ1) is 9.58. The van der Waals surface area contributed by atoms with Crippen LogP contribution in [0, 0.1) is 0 Å². The van der Waals surface area contributed by atoms with Crippen molar-refractivity contribution < 1.29 is 19.1 Å². The third-order valence-electron chi connectivity index (χ3n) is 2.68. The van der Waals surface area contributed by atoms with Gasteiger partial charge in [-0.2, -0.15) is 0 Å². The molecule has 108 valence electrons. The van der Waals surface area contributed by atoms with E-state index in [0.717, 1.165) is 11.1 Å². The van der Waals surface area contributed by atoms with E-state index in [4.69, 9.17) is 9.47 Å². The van der Waals surface area contributed by atoms with Crippen molar-refractivity contribution in [3.63, 3.8) is 0 Å². The Morgan fingerprint density at radius 1 is 1.05 bits per heavy atom. The molecule has 1 aromatic rings. The molecule has 1 aromatic carbocycles. The fourth-order valence-corrected chi connectivity index (χ4v) is 1.51. The molecule has 0 heterocycles. The second kappa shape index (κ2) is 8.91. The molecule has 4 heteroatoms. The Bertz CT molecular complexity index is 463. The van der Waals surface area contributed by atoms with Gasteiger partial charge in [0, 0.05) is 13.3 Å². The standard InChI is InChI=1S/C16H20O4/c1-13(10-11-19-14(2)17)8-9-16(18)20-12-15-6-4-3-5-7-15/h3-7,10H,8-9,11-12H2,1-2H3. The highest BCUT2D eigenvalue weighted by atomic mass is 16.5. The highest BCUT2D eigenvalue weighted by Gasteiger charge is 2.04. The molecule has 0 N–H and O–H groups in total. The second-order valence-corrected chi connectivity index (χ2v) is 4.50. The number of esters is 2. The minimum atomic E-state index is -0.309. The number of allylic oxidation sites excluding steroid dienone is 1. The van der Waals surface area contributed by atoms with Crippen molar-refractivity contribution in [1.82, 2.24) is 0 Å². The average molecular weight is 276 g/mol. The third kappa shape index (κ3) is 7.36. The van der Waals surface area contributed by atoms with Crippen LogP contribution in [0.2, 0.25) is 0 Å². The lowest BCUT2D eigenvalue weighted by Crippen LogP contribution is -2.05. The minimum absolute atomic E-state index is 0.228. The van der Waals surface area contributed by atoms with E-state index in [1.54, 1.807) is 6.08 Å². The summed E-state index contributed by atoms with van der Waals surface area (Å²) in [5.74, 6) is -0.537. The fourth-order valence-electron chi connectivity index (χ4n) is 1.51. The predicted octanol–water partition coefficient (Wildman–Crippen LogP) is 3.02. The van der Waals surface area contributed by atoms with Gasteiger partial charge in [0.2, 0.25) is 0 Å². The van der Waals surface area contributed by atoms with Crippen LogP contribution in [0.25, 0.3) is 0 Å². The van der Waals surface area contributed by atoms with Crippen molar-refractivity contribution in [2.45, 2.75) is 33.3 Å². The lowest BCUT2D eigenvalue weighted by molar-refractivity contribution is -0.145. The van der Waals surface area contributed by atoms with E-state index in [1.165, 1.54) is 6.92 Å². The number of carbonyl (C=O) groups excluding carboxylic acids is 2. The zero-order valence-corrected chi connectivity index (χ0v) is 11.9. The lowest BCUT2D eigenvalue weighted by Gasteiger charge is -2.05. The Labute approximate surface area is 119 Å². The van der Waals surface area contributed by atoms with Crippen LogP contribution in [0.5, 0.6) is 0 Å². The van der Waals surface area contributed by atoms with E-state index in [-0.39, 0.29) is 18.5 Å². The van der Waals surface area contributed by atoms with Gasteiger partial charge in [-0.25, -0.2) is 0 Å². The number of rotatable bonds is 7. The Hall–Kier alpha value is -2.10. The van der Waals surface area contributed by atoms with Crippen LogP contribution < -0.4 is 0 Å². The summed E-state index contributed by atoms with van der Waals surface area (Å²) in [6.45, 7) is 3.81. The molecule has 0 fully saturated rings. The van der Waals surface area contributed by atoms with Gasteiger partial charge in [0.05, 0.1) is 0 Å². The van der Waals surface area contributed by atoms with Crippen LogP contribution >= 0.6 is 0 Å². The third-order valence-corrected chi connectivity index (χ3v) is 2.68. The maximum Gasteiger partial charge on any atom is 0.306 e. The van der Waals surface area contributed by atoms with Gasteiger partial charge < -0.3 is 9.47 Å². The zero-order valence-electron chi connectivity index (χ0n) is 11.9. The van der Waals surface area contributed by atoms with Gasteiger partial charge in [0.15, 0.2) is 0 Å². The monoisotopic (exact) mass is 276 g/mol. The number of hydrogen-bond donors (Lipinski definition) is 0. The topological polar surface area (TPSA) is 52.6 Å². The molecule has 0 aromatic heterocycles. The first-order valence-electron chi connectivity index (χ1n) is 6.56. The van der Waals surface area contributed by atoms with Gasteiger partial charge in [0.25, 0.3) is 0 Å². The summed E-state index contributed by atoms with van der Waals surface area (Å²) in [5.41, 5.74) is 1.98. The molecule has 0 aliphatic carbocycles. The van der Waals surface area contributed by atoms with E-state index >= 15 is 0 Å². The lowest BCUT2D eigenvalue weighted by atomic mass is 10.1. The predicted molar refractivity (Wildman–Crippen MR) is 75.9 cm³/mol. The Morgan fingerprint density at radius 2 is 1.75 bits per heavy atom. The van der Waals surface area contributed by atoms with E-state index in [0.29, 0.717) is 19.4 Å². The molecule has 0 aliphatic rings. The quantitative estimate of drug-likeness (QED) is 0.567. The first-order valence-corrected chi connectivity index (χ1v) is 6.56. The van der Waals surface area contributed by atoms with Crippen LogP contribution in [-0.2, 0) is 25.7 Å². The molecule has 0 saturated heterocycles. The van der Waals surface area contributed by atoms with E-state index in [9.17, 15) is 9.59 Å². The number of ether oxygens (including phenoxy) is 2. The summed E-state index contributed by atoms with van der Waals surface area (Å²) in [4.78, 5) is 22.2. The summed E-state index contributed by atoms with van der Waals surface area (Å²) in [6.07, 6.45) is 2.73. The van der Waals surface area contributed by atoms with E-state index in [2.05, 4.69) is 0 Å². The zero-order chi connectivity index (χ0) is 14.8. The Kier molecular flexibility index (Phi) is 7.11. The molecule has 0 atom stereocenters. The number of carbonyl (C=O) groups is 2. The minimum Gasteiger partial charge on any atom is -0.462 e. The average Bonchev–Trinajstić information content (AvgIpc) is 2.43. The van der Waals surface area contributed by atoms with Crippen molar-refractivity contribution >= 4 is 11.9 Å². The molecule has 4 nitrogen and oxygen atoms in total. The molecule has 0 saturated carbocycles. The van der Waals surface area contributed by atoms with Gasteiger partial charge in [-0.3, -0.25) is 9.59 Å². The summed E-state index contributed by atoms with van der Waals surface area (Å²) in [6, 6.07) is 9.56. The van der Waals surface area contributed by atoms with E-state index < -0.39 is 0 Å². The van der Waals surface area contributed by atoms with Gasteiger partial charge in [0.1, 0.15) is 13.2 Å². The molecular formula is C16H20O4. The molecule has 0 amide bonds. The maximum absolute atomic E-state index is 11.6. The van der Waals surface area contributed by atoms with Crippen molar-refractivity contribution in [2.24, 2.45) is 0 Å². The first kappa shape index (κ1) is 16.0. The van der Waals surface area contributed by atoms with Crippen LogP contribution in [-0.4, -0.2) is 18.5 Å². The molecule has 20 heavy (non-hydrogen) atoms. The fraction of sp³-hybridized carbons (Fsp3) is 0.375. The van der Waals surface area contributed by atoms with Crippen molar-refractivity contribution in [3.8, 4) is 0 Å². The number of benzene rings is 1. The van der Waals surface area contributed by atoms with Gasteiger partial charge in [-0.05, 0) is 25.0 Å². The number of hydrogen-bond acceptors (Lipinski definition) is 4. The normalized spacial score (nSPS) is 11.0. The van der Waals surface area contributed by atoms with Crippen LogP contribution in [0.1, 0.15) is 32.3 Å². The van der Waals surface area contributed by atoms with Crippen molar-refractivity contribution in [1.29, 1.82) is 0 Å². The SMILES string of the molecule is CC(=O)OCC=C(C)CCC(=O)OCc1ccccc1. The summed E-state index contributed by atoms with van der Waals surface area (Å²) < 4.78 is 9.96. The van der Waals surface area contributed by atoms with Crippen molar-refractivity contribution in [2.75, 3.05) is 6.61 Å². The largest absolute Gasteiger partial charge is 0.462 e.